The molecule has 0 radical (unpaired) electrons. The first-order valence-electron chi connectivity index (χ1n) is 43.8. The molecule has 0 aromatic carbocycles. The van der Waals surface area contributed by atoms with Gasteiger partial charge < -0.3 is 34.2 Å². The van der Waals surface area contributed by atoms with Crippen LogP contribution < -0.4 is 0 Å². The van der Waals surface area contributed by atoms with E-state index in [9.17, 15) is 43.5 Å². The van der Waals surface area contributed by atoms with E-state index in [1.807, 2.05) is 0 Å². The highest BCUT2D eigenvalue weighted by Gasteiger charge is 2.29. The highest BCUT2D eigenvalue weighted by atomic mass is 31.2. The van der Waals surface area contributed by atoms with Crippen molar-refractivity contribution in [1.82, 2.24) is 0 Å². The van der Waals surface area contributed by atoms with Gasteiger partial charge in [-0.3, -0.25) is 32.5 Å². The number of aliphatic hydroxyl groups is 2. The molecule has 5 unspecified atom stereocenters. The van der Waals surface area contributed by atoms with Gasteiger partial charge in [-0.15, -0.1) is 0 Å². The fourth-order valence-corrected chi connectivity index (χ4v) is 13.2. The van der Waals surface area contributed by atoms with Crippen molar-refractivity contribution < 1.29 is 75.8 Å². The SMILES string of the molecule is CC/C=C\C/C=C\C/C=C\C/C=C\C/C=C\CCCCCCCCCC(=O)OCC(COP(=O)(O)OCC(O)COP(=O)(O)OCC(O)COC(=O)CCCCCCCCCCCCCCC/C=C\C/C=C\C/C=C\C/C=C\CCCCC)OC(=O)CCCCCCCCC/C=C\C/C=C\C/C=C\C/C=C\CCCCC. The van der Waals surface area contributed by atoms with E-state index in [0.717, 1.165) is 186 Å². The van der Waals surface area contributed by atoms with Crippen LogP contribution in [0.15, 0.2) is 158 Å². The van der Waals surface area contributed by atoms with Crippen molar-refractivity contribution in [2.24, 2.45) is 0 Å². The Morgan fingerprint density at radius 1 is 0.261 bits per heavy atom. The number of carbonyl (C=O) groups is 3. The molecule has 0 aromatic heterocycles. The van der Waals surface area contributed by atoms with Crippen LogP contribution in [-0.4, -0.2) is 95.9 Å². The van der Waals surface area contributed by atoms with Crippen LogP contribution in [0.4, 0.5) is 0 Å². The normalized spacial score (nSPS) is 14.6. The Hall–Kier alpha value is -4.83. The minimum atomic E-state index is -4.95. The monoisotopic (exact) mass is 1590 g/mol. The van der Waals surface area contributed by atoms with E-state index in [-0.39, 0.29) is 19.3 Å². The van der Waals surface area contributed by atoms with Crippen molar-refractivity contribution >= 4 is 33.6 Å². The number of carbonyl (C=O) groups excluding carboxylic acids is 3. The van der Waals surface area contributed by atoms with Gasteiger partial charge in [0.2, 0.25) is 0 Å². The summed E-state index contributed by atoms with van der Waals surface area (Å²) in [6.45, 7) is 2.51. The van der Waals surface area contributed by atoms with E-state index in [0.29, 0.717) is 19.3 Å². The third-order valence-corrected chi connectivity index (χ3v) is 20.1. The summed E-state index contributed by atoms with van der Waals surface area (Å²) < 4.78 is 61.4. The zero-order chi connectivity index (χ0) is 80.8. The van der Waals surface area contributed by atoms with Crippen LogP contribution in [0.5, 0.6) is 0 Å². The van der Waals surface area contributed by atoms with Gasteiger partial charge in [-0.1, -0.05) is 339 Å². The number of hydrogen-bond acceptors (Lipinski definition) is 14. The summed E-state index contributed by atoms with van der Waals surface area (Å²) in [5.74, 6) is -1.60. The Labute approximate surface area is 676 Å². The van der Waals surface area contributed by atoms with Crippen molar-refractivity contribution in [2.45, 2.75) is 373 Å². The molecule has 0 saturated carbocycles. The van der Waals surface area contributed by atoms with Crippen LogP contribution in [-0.2, 0) is 55.8 Å². The molecule has 0 saturated heterocycles. The molecule has 636 valence electrons. The lowest BCUT2D eigenvalue weighted by Gasteiger charge is -2.21. The lowest BCUT2D eigenvalue weighted by molar-refractivity contribution is -0.161. The van der Waals surface area contributed by atoms with Crippen LogP contribution in [0.3, 0.4) is 0 Å². The van der Waals surface area contributed by atoms with Crippen LogP contribution in [0.1, 0.15) is 355 Å². The largest absolute Gasteiger partial charge is 0.472 e. The third-order valence-electron chi connectivity index (χ3n) is 18.2. The smallest absolute Gasteiger partial charge is 0.463 e. The summed E-state index contributed by atoms with van der Waals surface area (Å²) in [7, 11) is -9.82. The first-order valence-corrected chi connectivity index (χ1v) is 46.8. The Kier molecular flexibility index (Phi) is 80.9. The Morgan fingerprint density at radius 3 is 0.757 bits per heavy atom. The zero-order valence-corrected chi connectivity index (χ0v) is 71.6. The van der Waals surface area contributed by atoms with Crippen LogP contribution in [0, 0.1) is 0 Å². The summed E-state index contributed by atoms with van der Waals surface area (Å²) in [4.78, 5) is 58.9. The first kappa shape index (κ1) is 106. The number of unbranched alkanes of at least 4 members (excludes halogenated alkanes) is 33. The van der Waals surface area contributed by atoms with Crippen molar-refractivity contribution in [3.8, 4) is 0 Å². The summed E-state index contributed by atoms with van der Waals surface area (Å²) in [6, 6.07) is 0. The second-order valence-corrected chi connectivity index (χ2v) is 31.9. The van der Waals surface area contributed by atoms with Crippen molar-refractivity contribution in [3.63, 3.8) is 0 Å². The number of aliphatic hydroxyl groups excluding tert-OH is 2. The zero-order valence-electron chi connectivity index (χ0n) is 69.8. The van der Waals surface area contributed by atoms with Crippen LogP contribution in [0.2, 0.25) is 0 Å². The Bertz CT molecular complexity index is 2650. The topological polar surface area (TPSA) is 231 Å². The molecule has 0 rings (SSSR count). The van der Waals surface area contributed by atoms with Crippen LogP contribution in [0.25, 0.3) is 0 Å². The van der Waals surface area contributed by atoms with Gasteiger partial charge in [0.05, 0.1) is 26.4 Å². The molecule has 5 atom stereocenters. The van der Waals surface area contributed by atoms with Gasteiger partial charge in [0.25, 0.3) is 0 Å². The molecular weight excluding hydrogens is 1430 g/mol. The molecule has 0 heterocycles. The number of ether oxygens (including phenoxy) is 3. The standard InChI is InChI=1S/C93H158O16P2/c1-4-7-10-13-16-19-22-25-28-31-34-37-40-41-42-43-44-45-48-50-52-55-58-61-64-67-70-73-76-79-91(96)103-82-88(94)83-105-110(99,100)106-84-89(95)85-107-111(101,102)108-87-90(109-93(98)81-78-75-72-69-66-63-60-57-54-51-47-39-36-33-30-27-24-21-18-15-12-9-6-3)86-104-92(97)80-77-74-71-68-65-62-59-56-53-49-46-38-35-32-29-26-23-20-17-14-11-8-5-2/h8,11,16-21,25-30,34-39,41-42,49,51,53-54,88-90,94-95H,4-7,9-10,12-15,22-24,31-33,40,43-48,50,52,55-87H2,1-3H3,(H,99,100)(H,101,102)/b11-8-,19-16-,20-17-,21-18-,28-25-,29-26-,30-27-,37-34-,38-35-,39-36-,42-41-,53-49-,54-51-. The molecule has 0 aliphatic rings. The molecule has 16 nitrogen and oxygen atoms in total. The predicted octanol–water partition coefficient (Wildman–Crippen LogP) is 26.5. The molecule has 111 heavy (non-hydrogen) atoms. The van der Waals surface area contributed by atoms with E-state index in [4.69, 9.17) is 32.3 Å². The second-order valence-electron chi connectivity index (χ2n) is 29.0. The quantitative estimate of drug-likeness (QED) is 0.0146. The fraction of sp³-hybridized carbons (Fsp3) is 0.688. The number of phosphoric acid groups is 2. The maximum Gasteiger partial charge on any atom is 0.472 e. The van der Waals surface area contributed by atoms with Gasteiger partial charge >= 0.3 is 33.6 Å². The van der Waals surface area contributed by atoms with Gasteiger partial charge in [0, 0.05) is 19.3 Å². The minimum absolute atomic E-state index is 0.0848. The third kappa shape index (κ3) is 85.9. The molecule has 18 heteroatoms. The van der Waals surface area contributed by atoms with Gasteiger partial charge in [0.1, 0.15) is 25.4 Å². The molecule has 0 fully saturated rings. The van der Waals surface area contributed by atoms with Crippen LogP contribution >= 0.6 is 15.6 Å². The van der Waals surface area contributed by atoms with Gasteiger partial charge in [-0.05, 0) is 154 Å². The molecule has 0 bridgehead atoms. The number of phosphoric ester groups is 2. The average Bonchev–Trinajstić information content (AvgIpc) is 0.899. The minimum Gasteiger partial charge on any atom is -0.463 e. The highest BCUT2D eigenvalue weighted by molar-refractivity contribution is 7.47. The first-order chi connectivity index (χ1) is 54.2. The van der Waals surface area contributed by atoms with E-state index < -0.39 is 91.5 Å². The lowest BCUT2D eigenvalue weighted by Crippen LogP contribution is -2.30. The average molecular weight is 1590 g/mol. The maximum absolute atomic E-state index is 13.1. The van der Waals surface area contributed by atoms with Gasteiger partial charge in [0.15, 0.2) is 6.10 Å². The van der Waals surface area contributed by atoms with Gasteiger partial charge in [-0.25, -0.2) is 9.13 Å². The maximum atomic E-state index is 13.1. The van der Waals surface area contributed by atoms with Crippen molar-refractivity contribution in [2.75, 3.05) is 39.6 Å². The highest BCUT2D eigenvalue weighted by Crippen LogP contribution is 2.45. The molecular formula is C93H158O16P2. The van der Waals surface area contributed by atoms with Crippen molar-refractivity contribution in [3.05, 3.63) is 158 Å². The molecule has 0 aliphatic carbocycles. The number of hydrogen-bond donors (Lipinski definition) is 4. The molecule has 0 aromatic rings. The molecule has 0 amide bonds. The van der Waals surface area contributed by atoms with E-state index in [1.54, 1.807) is 0 Å². The summed E-state index contributed by atoms with van der Waals surface area (Å²) >= 11 is 0. The Morgan fingerprint density at radius 2 is 0.477 bits per heavy atom. The van der Waals surface area contributed by atoms with E-state index in [1.165, 1.54) is 109 Å². The fourth-order valence-electron chi connectivity index (χ4n) is 11.6. The number of allylic oxidation sites excluding steroid dienone is 26. The summed E-state index contributed by atoms with van der Waals surface area (Å²) in [5, 5.41) is 20.7. The molecule has 4 N–H and O–H groups in total. The summed E-state index contributed by atoms with van der Waals surface area (Å²) in [6.07, 6.45) is 107. The van der Waals surface area contributed by atoms with Crippen molar-refractivity contribution in [1.29, 1.82) is 0 Å². The lowest BCUT2D eigenvalue weighted by atomic mass is 10.0. The number of rotatable bonds is 82. The van der Waals surface area contributed by atoms with E-state index >= 15 is 0 Å². The Balaban J connectivity index is 4.65. The van der Waals surface area contributed by atoms with E-state index in [2.05, 4.69) is 179 Å². The molecule has 0 spiro atoms. The molecule has 0 aliphatic heterocycles. The summed E-state index contributed by atoms with van der Waals surface area (Å²) in [5.41, 5.74) is 0. The second kappa shape index (κ2) is 84.6. The predicted molar refractivity (Wildman–Crippen MR) is 463 cm³/mol. The number of esters is 3. The van der Waals surface area contributed by atoms with Gasteiger partial charge in [-0.2, -0.15) is 0 Å².